The zero-order valence-corrected chi connectivity index (χ0v) is 11.7. The molecule has 3 atom stereocenters. The van der Waals surface area contributed by atoms with Gasteiger partial charge in [-0.1, -0.05) is 12.8 Å². The fraction of sp³-hybridized carbons (Fsp3) is 0.769. The van der Waals surface area contributed by atoms with Crippen LogP contribution in [0, 0.1) is 11.8 Å². The third-order valence-electron chi connectivity index (χ3n) is 4.19. The van der Waals surface area contributed by atoms with Gasteiger partial charge in [0.15, 0.2) is 5.75 Å². The van der Waals surface area contributed by atoms with Crippen LogP contribution in [0.1, 0.15) is 37.4 Å². The summed E-state index contributed by atoms with van der Waals surface area (Å²) in [6.45, 7) is 0. The number of ether oxygens (including phenoxy) is 1. The van der Waals surface area contributed by atoms with Crippen LogP contribution in [0.4, 0.5) is 13.2 Å². The highest BCUT2D eigenvalue weighted by molar-refractivity contribution is 5.28. The fourth-order valence-corrected chi connectivity index (χ4v) is 3.16. The molecular formula is C13H20F3N3O. The third kappa shape index (κ3) is 2.77. The van der Waals surface area contributed by atoms with Crippen LogP contribution in [-0.2, 0) is 7.05 Å². The van der Waals surface area contributed by atoms with Gasteiger partial charge in [-0.15, -0.1) is 0 Å². The Morgan fingerprint density at radius 3 is 2.65 bits per heavy atom. The van der Waals surface area contributed by atoms with Gasteiger partial charge in [0.25, 0.3) is 0 Å². The number of hydrogen-bond donors (Lipinski definition) is 1. The molecule has 0 aromatic carbocycles. The molecule has 3 unspecified atom stereocenters. The van der Waals surface area contributed by atoms with Crippen molar-refractivity contribution in [1.29, 1.82) is 0 Å². The van der Waals surface area contributed by atoms with Crippen LogP contribution >= 0.6 is 0 Å². The minimum absolute atomic E-state index is 0.155. The summed E-state index contributed by atoms with van der Waals surface area (Å²) in [5.74, 6) is -1.51. The van der Waals surface area contributed by atoms with Crippen molar-refractivity contribution in [2.24, 2.45) is 24.6 Å². The second kappa shape index (κ2) is 5.63. The number of aromatic nitrogens is 2. The zero-order valence-electron chi connectivity index (χ0n) is 11.7. The molecule has 4 nitrogen and oxygen atoms in total. The normalized spacial score (nSPS) is 25.5. The van der Waals surface area contributed by atoms with Gasteiger partial charge in [0.05, 0.1) is 31.0 Å². The molecule has 2 N–H and O–H groups in total. The van der Waals surface area contributed by atoms with E-state index in [0.29, 0.717) is 24.3 Å². The molecule has 1 heterocycles. The van der Waals surface area contributed by atoms with Crippen LogP contribution in [0.3, 0.4) is 0 Å². The highest BCUT2D eigenvalue weighted by Crippen LogP contribution is 2.46. The molecule has 1 aliphatic carbocycles. The zero-order chi connectivity index (χ0) is 14.9. The van der Waals surface area contributed by atoms with Crippen LogP contribution in [0.25, 0.3) is 0 Å². The second-order valence-electron chi connectivity index (χ2n) is 5.34. The van der Waals surface area contributed by atoms with Crippen molar-refractivity contribution in [3.63, 3.8) is 0 Å². The lowest BCUT2D eigenvalue weighted by Gasteiger charge is -2.36. The molecule has 7 heteroatoms. The number of nitrogens with zero attached hydrogens (tertiary/aromatic N) is 2. The Hall–Kier alpha value is -1.24. The van der Waals surface area contributed by atoms with Crippen molar-refractivity contribution in [2.45, 2.75) is 37.9 Å². The molecule has 0 radical (unpaired) electrons. The first-order valence-corrected chi connectivity index (χ1v) is 6.74. The maximum atomic E-state index is 13.2. The van der Waals surface area contributed by atoms with Gasteiger partial charge in [0.1, 0.15) is 0 Å². The number of nitrogens with two attached hydrogens (primary N) is 1. The van der Waals surface area contributed by atoms with Crippen molar-refractivity contribution in [3.8, 4) is 5.75 Å². The average molecular weight is 291 g/mol. The molecular weight excluding hydrogens is 271 g/mol. The van der Waals surface area contributed by atoms with E-state index in [1.807, 2.05) is 0 Å². The van der Waals surface area contributed by atoms with Crippen LogP contribution in [0.5, 0.6) is 5.75 Å². The highest BCUT2D eigenvalue weighted by atomic mass is 19.4. The summed E-state index contributed by atoms with van der Waals surface area (Å²) in [5.41, 5.74) is 6.67. The van der Waals surface area contributed by atoms with E-state index in [1.54, 1.807) is 7.05 Å². The van der Waals surface area contributed by atoms with Gasteiger partial charge in [-0.05, 0) is 18.8 Å². The van der Waals surface area contributed by atoms with Gasteiger partial charge >= 0.3 is 6.18 Å². The van der Waals surface area contributed by atoms with Crippen molar-refractivity contribution < 1.29 is 17.9 Å². The molecule has 0 saturated heterocycles. The number of hydrogen-bond acceptors (Lipinski definition) is 3. The van der Waals surface area contributed by atoms with E-state index in [2.05, 4.69) is 5.10 Å². The minimum Gasteiger partial charge on any atom is -0.493 e. The molecule has 1 aromatic heterocycles. The van der Waals surface area contributed by atoms with Crippen molar-refractivity contribution in [1.82, 2.24) is 9.78 Å². The van der Waals surface area contributed by atoms with Crippen LogP contribution in [-0.4, -0.2) is 23.1 Å². The number of rotatable bonds is 3. The van der Waals surface area contributed by atoms with Gasteiger partial charge in [0, 0.05) is 7.05 Å². The van der Waals surface area contributed by atoms with Crippen LogP contribution in [0.2, 0.25) is 0 Å². The minimum atomic E-state index is -4.20. The first-order valence-electron chi connectivity index (χ1n) is 6.74. The Morgan fingerprint density at radius 1 is 1.40 bits per heavy atom. The van der Waals surface area contributed by atoms with E-state index in [1.165, 1.54) is 18.0 Å². The Bertz CT molecular complexity index is 458. The van der Waals surface area contributed by atoms with Crippen LogP contribution < -0.4 is 10.5 Å². The first kappa shape index (κ1) is 15.2. The Labute approximate surface area is 116 Å². The van der Waals surface area contributed by atoms with E-state index >= 15 is 0 Å². The van der Waals surface area contributed by atoms with E-state index in [-0.39, 0.29) is 6.42 Å². The number of methoxy groups -OCH3 is 1. The van der Waals surface area contributed by atoms with Gasteiger partial charge < -0.3 is 10.5 Å². The average Bonchev–Trinajstić information content (AvgIpc) is 2.78. The van der Waals surface area contributed by atoms with E-state index in [0.717, 1.165) is 6.42 Å². The number of alkyl halides is 3. The molecule has 1 fully saturated rings. The van der Waals surface area contributed by atoms with Gasteiger partial charge in [0.2, 0.25) is 0 Å². The number of aryl methyl sites for hydroxylation is 1. The standard InChI is InChI=1S/C13H20F3N3O/c1-19-12(10(20-2)7-18-19)11(17)8-5-3-4-6-9(8)13(14,15)16/h7-9,11H,3-6,17H2,1-2H3. The predicted molar refractivity (Wildman–Crippen MR) is 68.2 cm³/mol. The molecule has 0 spiro atoms. The SMILES string of the molecule is COc1cnn(C)c1C(N)C1CCCCC1C(F)(F)F. The smallest absolute Gasteiger partial charge is 0.392 e. The lowest BCUT2D eigenvalue weighted by Crippen LogP contribution is -2.39. The maximum absolute atomic E-state index is 13.2. The van der Waals surface area contributed by atoms with Crippen molar-refractivity contribution >= 4 is 0 Å². The molecule has 1 aliphatic rings. The lowest BCUT2D eigenvalue weighted by atomic mass is 9.74. The predicted octanol–water partition coefficient (Wildman–Crippen LogP) is 2.80. The molecule has 1 saturated carbocycles. The van der Waals surface area contributed by atoms with Crippen LogP contribution in [0.15, 0.2) is 6.20 Å². The van der Waals surface area contributed by atoms with Gasteiger partial charge in [-0.3, -0.25) is 4.68 Å². The quantitative estimate of drug-likeness (QED) is 0.931. The lowest BCUT2D eigenvalue weighted by molar-refractivity contribution is -0.198. The molecule has 20 heavy (non-hydrogen) atoms. The summed E-state index contributed by atoms with van der Waals surface area (Å²) >= 11 is 0. The summed E-state index contributed by atoms with van der Waals surface area (Å²) in [7, 11) is 3.14. The molecule has 1 aromatic rings. The number of halogens is 3. The summed E-state index contributed by atoms with van der Waals surface area (Å²) in [5, 5.41) is 4.02. The summed E-state index contributed by atoms with van der Waals surface area (Å²) in [6.07, 6.45) is -0.683. The summed E-state index contributed by atoms with van der Waals surface area (Å²) < 4.78 is 46.2. The maximum Gasteiger partial charge on any atom is 0.392 e. The first-order chi connectivity index (χ1) is 9.36. The van der Waals surface area contributed by atoms with Crippen molar-refractivity contribution in [2.75, 3.05) is 7.11 Å². The summed E-state index contributed by atoms with van der Waals surface area (Å²) in [6, 6.07) is -0.718. The Balaban J connectivity index is 2.30. The van der Waals surface area contributed by atoms with Gasteiger partial charge in [-0.25, -0.2) is 0 Å². The van der Waals surface area contributed by atoms with Gasteiger partial charge in [-0.2, -0.15) is 18.3 Å². The van der Waals surface area contributed by atoms with E-state index in [4.69, 9.17) is 10.5 Å². The fourth-order valence-electron chi connectivity index (χ4n) is 3.16. The Morgan fingerprint density at radius 2 is 2.05 bits per heavy atom. The molecule has 0 aliphatic heterocycles. The highest BCUT2D eigenvalue weighted by Gasteiger charge is 2.48. The Kier molecular flexibility index (Phi) is 4.27. The largest absolute Gasteiger partial charge is 0.493 e. The van der Waals surface area contributed by atoms with E-state index in [9.17, 15) is 13.2 Å². The molecule has 2 rings (SSSR count). The molecule has 0 bridgehead atoms. The monoisotopic (exact) mass is 291 g/mol. The van der Waals surface area contributed by atoms with Crippen molar-refractivity contribution in [3.05, 3.63) is 11.9 Å². The molecule has 0 amide bonds. The third-order valence-corrected chi connectivity index (χ3v) is 4.19. The molecule has 114 valence electrons. The van der Waals surface area contributed by atoms with E-state index < -0.39 is 24.1 Å². The second-order valence-corrected chi connectivity index (χ2v) is 5.34. The topological polar surface area (TPSA) is 53.1 Å². The summed E-state index contributed by atoms with van der Waals surface area (Å²) in [4.78, 5) is 0.